The van der Waals surface area contributed by atoms with Crippen LogP contribution in [0.1, 0.15) is 46.5 Å². The minimum atomic E-state index is -1.05. The molecule has 3 rings (SSSR count). The van der Waals surface area contributed by atoms with Crippen LogP contribution < -0.4 is 4.74 Å². The topological polar surface area (TPSA) is 55.8 Å². The van der Waals surface area contributed by atoms with E-state index < -0.39 is 11.8 Å². The number of hydrogen-bond acceptors (Lipinski definition) is 4. The van der Waals surface area contributed by atoms with Gasteiger partial charge in [0.25, 0.3) is 0 Å². The zero-order valence-electron chi connectivity index (χ0n) is 13.8. The molecule has 0 saturated carbocycles. The van der Waals surface area contributed by atoms with Crippen LogP contribution in [0.3, 0.4) is 0 Å². The van der Waals surface area contributed by atoms with E-state index in [0.29, 0.717) is 17.7 Å². The molecule has 23 heavy (non-hydrogen) atoms. The average molecular weight is 312 g/mol. The highest BCUT2D eigenvalue weighted by molar-refractivity contribution is 5.98. The van der Waals surface area contributed by atoms with Gasteiger partial charge in [-0.2, -0.15) is 0 Å². The fraction of sp³-hybridized carbons (Fsp3) is 0.316. The van der Waals surface area contributed by atoms with Crippen molar-refractivity contribution in [3.8, 4) is 11.5 Å². The van der Waals surface area contributed by atoms with Gasteiger partial charge < -0.3 is 14.6 Å². The van der Waals surface area contributed by atoms with Gasteiger partial charge in [-0.15, -0.1) is 0 Å². The molecule has 0 aromatic heterocycles. The lowest BCUT2D eigenvalue weighted by Gasteiger charge is -2.34. The van der Waals surface area contributed by atoms with Crippen LogP contribution in [0, 0.1) is 13.8 Å². The van der Waals surface area contributed by atoms with Gasteiger partial charge >= 0.3 is 5.97 Å². The van der Waals surface area contributed by atoms with Crippen molar-refractivity contribution in [2.45, 2.75) is 39.9 Å². The number of carbonyl (C=O) groups is 1. The molecule has 0 radical (unpaired) electrons. The van der Waals surface area contributed by atoms with Crippen LogP contribution >= 0.6 is 0 Å². The molecule has 0 bridgehead atoms. The van der Waals surface area contributed by atoms with Gasteiger partial charge in [0, 0.05) is 25.8 Å². The summed E-state index contributed by atoms with van der Waals surface area (Å²) in [6.45, 7) is 7.11. The monoisotopic (exact) mass is 312 g/mol. The van der Waals surface area contributed by atoms with E-state index in [0.717, 1.165) is 16.7 Å². The van der Waals surface area contributed by atoms with E-state index in [2.05, 4.69) is 0 Å². The molecule has 0 fully saturated rings. The van der Waals surface area contributed by atoms with Crippen molar-refractivity contribution in [2.75, 3.05) is 0 Å². The molecule has 2 aromatic carbocycles. The minimum Gasteiger partial charge on any atom is -0.507 e. The van der Waals surface area contributed by atoms with Crippen LogP contribution in [0.4, 0.5) is 0 Å². The number of carbonyl (C=O) groups excluding carboxylic acids is 1. The number of ether oxygens (including phenoxy) is 2. The number of rotatable bonds is 2. The number of fused-ring (bicyclic) bond motifs is 1. The van der Waals surface area contributed by atoms with Crippen LogP contribution in [-0.4, -0.2) is 16.9 Å². The van der Waals surface area contributed by atoms with Crippen molar-refractivity contribution < 1.29 is 19.4 Å². The Morgan fingerprint density at radius 3 is 2.35 bits per heavy atom. The van der Waals surface area contributed by atoms with E-state index in [4.69, 9.17) is 9.47 Å². The summed E-state index contributed by atoms with van der Waals surface area (Å²) < 4.78 is 11.2. The van der Waals surface area contributed by atoms with Crippen molar-refractivity contribution in [1.29, 1.82) is 0 Å². The second kappa shape index (κ2) is 5.30. The smallest absolute Gasteiger partial charge is 0.349 e. The third-order valence-corrected chi connectivity index (χ3v) is 4.22. The zero-order valence-corrected chi connectivity index (χ0v) is 13.8. The highest BCUT2D eigenvalue weighted by Gasteiger charge is 2.38. The summed E-state index contributed by atoms with van der Waals surface area (Å²) in [6, 6.07) is 9.97. The Balaban J connectivity index is 2.21. The number of cyclic esters (lactones) is 1. The number of aromatic hydroxyl groups is 1. The van der Waals surface area contributed by atoms with E-state index in [9.17, 15) is 9.90 Å². The molecule has 0 spiro atoms. The first kappa shape index (κ1) is 15.4. The Morgan fingerprint density at radius 1 is 1.04 bits per heavy atom. The van der Waals surface area contributed by atoms with Gasteiger partial charge in [0.05, 0.1) is 0 Å². The maximum atomic E-state index is 12.3. The molecule has 1 aliphatic rings. The van der Waals surface area contributed by atoms with Gasteiger partial charge in [-0.25, -0.2) is 4.79 Å². The summed E-state index contributed by atoms with van der Waals surface area (Å²) in [5.41, 5.74) is 3.75. The van der Waals surface area contributed by atoms with Crippen LogP contribution in [-0.2, 0) is 11.2 Å². The predicted molar refractivity (Wildman–Crippen MR) is 87.0 cm³/mol. The normalized spacial score (nSPS) is 15.6. The first-order chi connectivity index (χ1) is 10.8. The molecule has 4 nitrogen and oxygen atoms in total. The molecule has 2 aromatic rings. The molecule has 0 amide bonds. The minimum absolute atomic E-state index is 0.0604. The van der Waals surface area contributed by atoms with Crippen LogP contribution in [0.2, 0.25) is 0 Å². The molecule has 0 aliphatic carbocycles. The maximum Gasteiger partial charge on any atom is 0.349 e. The first-order valence-electron chi connectivity index (χ1n) is 7.61. The van der Waals surface area contributed by atoms with Crippen molar-refractivity contribution >= 4 is 5.97 Å². The molecule has 0 saturated heterocycles. The standard InChI is InChI=1S/C19H20O4/c1-11-12(2)16(20)15-17(22-19(3,4)23-18(15)21)14(11)10-13-8-6-5-7-9-13/h5-9,20H,10H2,1-4H3. The molecule has 4 heteroatoms. The van der Waals surface area contributed by atoms with E-state index in [-0.39, 0.29) is 11.3 Å². The highest BCUT2D eigenvalue weighted by atomic mass is 16.7. The summed E-state index contributed by atoms with van der Waals surface area (Å²) in [5, 5.41) is 10.4. The van der Waals surface area contributed by atoms with Gasteiger partial charge in [0.15, 0.2) is 0 Å². The molecular formula is C19H20O4. The Bertz CT molecular complexity index is 776. The van der Waals surface area contributed by atoms with E-state index in [1.807, 2.05) is 37.3 Å². The summed E-state index contributed by atoms with van der Waals surface area (Å²) in [7, 11) is 0. The molecular weight excluding hydrogens is 292 g/mol. The van der Waals surface area contributed by atoms with Crippen LogP contribution in [0.25, 0.3) is 0 Å². The molecule has 0 atom stereocenters. The van der Waals surface area contributed by atoms with Crippen molar-refractivity contribution in [3.63, 3.8) is 0 Å². The van der Waals surface area contributed by atoms with Gasteiger partial charge in [-0.1, -0.05) is 30.3 Å². The number of hydrogen-bond donors (Lipinski definition) is 1. The largest absolute Gasteiger partial charge is 0.507 e. The van der Waals surface area contributed by atoms with E-state index >= 15 is 0 Å². The Morgan fingerprint density at radius 2 is 1.70 bits per heavy atom. The van der Waals surface area contributed by atoms with Crippen molar-refractivity contribution in [2.24, 2.45) is 0 Å². The summed E-state index contributed by atoms with van der Waals surface area (Å²) in [6.07, 6.45) is 0.624. The lowest BCUT2D eigenvalue weighted by Crippen LogP contribution is -2.39. The SMILES string of the molecule is Cc1c(C)c(Cc2ccccc2)c2c(c1O)C(=O)OC(C)(C)O2. The fourth-order valence-corrected chi connectivity index (χ4v) is 2.88. The lowest BCUT2D eigenvalue weighted by molar-refractivity contribution is -0.128. The van der Waals surface area contributed by atoms with Crippen molar-refractivity contribution in [1.82, 2.24) is 0 Å². The summed E-state index contributed by atoms with van der Waals surface area (Å²) >= 11 is 0. The molecule has 1 heterocycles. The van der Waals surface area contributed by atoms with E-state index in [1.165, 1.54) is 0 Å². The third-order valence-electron chi connectivity index (χ3n) is 4.22. The number of phenolic OH excluding ortho intramolecular Hbond substituents is 1. The average Bonchev–Trinajstić information content (AvgIpc) is 2.49. The zero-order chi connectivity index (χ0) is 16.8. The Kier molecular flexibility index (Phi) is 3.55. The molecule has 1 aliphatic heterocycles. The quantitative estimate of drug-likeness (QED) is 0.855. The highest BCUT2D eigenvalue weighted by Crippen LogP contribution is 2.44. The lowest BCUT2D eigenvalue weighted by atomic mass is 9.91. The molecule has 120 valence electrons. The number of phenols is 1. The number of benzene rings is 2. The summed E-state index contributed by atoms with van der Waals surface area (Å²) in [4.78, 5) is 12.3. The van der Waals surface area contributed by atoms with Gasteiger partial charge in [-0.3, -0.25) is 0 Å². The first-order valence-corrected chi connectivity index (χ1v) is 7.61. The summed E-state index contributed by atoms with van der Waals surface area (Å²) in [5.74, 6) is -1.24. The fourth-order valence-electron chi connectivity index (χ4n) is 2.88. The molecule has 0 unspecified atom stereocenters. The van der Waals surface area contributed by atoms with Gasteiger partial charge in [-0.05, 0) is 30.5 Å². The van der Waals surface area contributed by atoms with Crippen LogP contribution in [0.15, 0.2) is 30.3 Å². The van der Waals surface area contributed by atoms with Crippen LogP contribution in [0.5, 0.6) is 11.5 Å². The Labute approximate surface area is 135 Å². The maximum absolute atomic E-state index is 12.3. The predicted octanol–water partition coefficient (Wildman–Crippen LogP) is 3.89. The molecule has 1 N–H and O–H groups in total. The second-order valence-electron chi connectivity index (χ2n) is 6.34. The third kappa shape index (κ3) is 2.65. The second-order valence-corrected chi connectivity index (χ2v) is 6.34. The van der Waals surface area contributed by atoms with Gasteiger partial charge in [0.1, 0.15) is 17.1 Å². The Hall–Kier alpha value is -2.49. The van der Waals surface area contributed by atoms with E-state index in [1.54, 1.807) is 20.8 Å². The van der Waals surface area contributed by atoms with Gasteiger partial charge in [0.2, 0.25) is 5.79 Å². The number of esters is 1. The van der Waals surface area contributed by atoms with Crippen molar-refractivity contribution in [3.05, 3.63) is 58.1 Å².